The number of carbonyl (C=O) groups excluding carboxylic acids is 2. The first-order chi connectivity index (χ1) is 7.41. The van der Waals surface area contributed by atoms with Gasteiger partial charge in [-0.2, -0.15) is 0 Å². The molecule has 0 radical (unpaired) electrons. The molecule has 16 heavy (non-hydrogen) atoms. The van der Waals surface area contributed by atoms with E-state index in [0.717, 1.165) is 6.42 Å². The van der Waals surface area contributed by atoms with Gasteiger partial charge in [0.05, 0.1) is 11.8 Å². The molecule has 0 aromatic carbocycles. The normalized spacial score (nSPS) is 49.0. The average molecular weight is 220 g/mol. The molecule has 2 fully saturated rings. The number of hydrogen-bond donors (Lipinski definition) is 0. The maximum absolute atomic E-state index is 11.8. The smallest absolute Gasteiger partial charge is 0.318 e. The van der Waals surface area contributed by atoms with Crippen LogP contribution in [0.4, 0.5) is 0 Å². The van der Waals surface area contributed by atoms with Crippen LogP contribution in [0.2, 0.25) is 0 Å². The molecule has 2 bridgehead atoms. The van der Waals surface area contributed by atoms with Crippen LogP contribution in [0.15, 0.2) is 12.2 Å². The Balaban J connectivity index is 2.17. The Morgan fingerprint density at radius 2 is 1.88 bits per heavy atom. The quantitative estimate of drug-likeness (QED) is 0.385. The standard InChI is InChI=1S/C13H16O3/c1-7(2)13-5-4-12(3,6-13)8-9(13)11(15)16-10(8)14/h4-5,7-9H,6H2,1-3H3/t8-,9+,12-,13+/m0/s1. The second-order valence-electron chi connectivity index (χ2n) is 5.98. The molecule has 0 aromatic rings. The molecule has 0 spiro atoms. The number of rotatable bonds is 1. The molecule has 1 heterocycles. The highest BCUT2D eigenvalue weighted by Gasteiger charge is 2.70. The second kappa shape index (κ2) is 2.58. The zero-order valence-corrected chi connectivity index (χ0v) is 9.82. The lowest BCUT2D eigenvalue weighted by molar-refractivity contribution is -0.156. The summed E-state index contributed by atoms with van der Waals surface area (Å²) in [6, 6.07) is 0. The predicted octanol–water partition coefficient (Wildman–Crippen LogP) is 1.92. The molecule has 3 heteroatoms. The lowest BCUT2D eigenvalue weighted by atomic mass is 9.67. The van der Waals surface area contributed by atoms with Crippen molar-refractivity contribution < 1.29 is 14.3 Å². The molecule has 86 valence electrons. The first-order valence-electron chi connectivity index (χ1n) is 5.87. The lowest BCUT2D eigenvalue weighted by Crippen LogP contribution is -2.35. The second-order valence-corrected chi connectivity index (χ2v) is 5.98. The van der Waals surface area contributed by atoms with E-state index in [1.165, 1.54) is 0 Å². The van der Waals surface area contributed by atoms with Crippen LogP contribution in [-0.2, 0) is 14.3 Å². The van der Waals surface area contributed by atoms with Crippen LogP contribution in [0.25, 0.3) is 0 Å². The van der Waals surface area contributed by atoms with Gasteiger partial charge >= 0.3 is 11.9 Å². The van der Waals surface area contributed by atoms with Gasteiger partial charge in [-0.25, -0.2) is 0 Å². The average Bonchev–Trinajstić information content (AvgIpc) is 2.75. The van der Waals surface area contributed by atoms with E-state index in [4.69, 9.17) is 4.74 Å². The summed E-state index contributed by atoms with van der Waals surface area (Å²) in [6.45, 7) is 6.31. The number of carbonyl (C=O) groups is 2. The zero-order chi connectivity index (χ0) is 11.7. The molecule has 1 saturated heterocycles. The molecule has 4 atom stereocenters. The molecule has 3 rings (SSSR count). The Labute approximate surface area is 94.8 Å². The minimum atomic E-state index is -0.315. The summed E-state index contributed by atoms with van der Waals surface area (Å²) in [5.41, 5.74) is -0.319. The van der Waals surface area contributed by atoms with Crippen LogP contribution in [-0.4, -0.2) is 11.9 Å². The van der Waals surface area contributed by atoms with Crippen molar-refractivity contribution in [3.05, 3.63) is 12.2 Å². The molecular weight excluding hydrogens is 204 g/mol. The van der Waals surface area contributed by atoms with Gasteiger partial charge in [0.1, 0.15) is 0 Å². The fourth-order valence-corrected chi connectivity index (χ4v) is 3.98. The summed E-state index contributed by atoms with van der Waals surface area (Å²) in [7, 11) is 0. The van der Waals surface area contributed by atoms with Crippen molar-refractivity contribution in [3.63, 3.8) is 0 Å². The van der Waals surface area contributed by atoms with E-state index in [1.807, 2.05) is 0 Å². The van der Waals surface area contributed by atoms with E-state index < -0.39 is 0 Å². The van der Waals surface area contributed by atoms with E-state index in [1.54, 1.807) is 0 Å². The molecule has 0 N–H and O–H groups in total. The molecule has 0 unspecified atom stereocenters. The minimum Gasteiger partial charge on any atom is -0.393 e. The fraction of sp³-hybridized carbons (Fsp3) is 0.692. The summed E-state index contributed by atoms with van der Waals surface area (Å²) < 4.78 is 4.83. The Bertz CT molecular complexity index is 423. The predicted molar refractivity (Wildman–Crippen MR) is 57.2 cm³/mol. The van der Waals surface area contributed by atoms with Crippen molar-refractivity contribution in [2.45, 2.75) is 27.2 Å². The van der Waals surface area contributed by atoms with Gasteiger partial charge in [0.2, 0.25) is 0 Å². The van der Waals surface area contributed by atoms with Gasteiger partial charge in [-0.1, -0.05) is 32.9 Å². The Hall–Kier alpha value is -1.12. The SMILES string of the molecule is CC(C)[C@@]12C=C[C@@](C)(C1)[C@@H]1C(=O)OC(=O)[C@@H]12. The molecule has 3 aliphatic rings. The number of allylic oxidation sites excluding steroid dienone is 2. The Kier molecular flexibility index (Phi) is 1.62. The Morgan fingerprint density at radius 1 is 1.25 bits per heavy atom. The molecule has 0 amide bonds. The summed E-state index contributed by atoms with van der Waals surface area (Å²) in [5, 5.41) is 0. The van der Waals surface area contributed by atoms with Gasteiger partial charge in [0, 0.05) is 10.8 Å². The van der Waals surface area contributed by atoms with Crippen LogP contribution >= 0.6 is 0 Å². The van der Waals surface area contributed by atoms with Gasteiger partial charge < -0.3 is 4.74 Å². The molecular formula is C13H16O3. The van der Waals surface area contributed by atoms with E-state index in [9.17, 15) is 9.59 Å². The summed E-state index contributed by atoms with van der Waals surface area (Å²) in [5.74, 6) is -0.748. The fourth-order valence-electron chi connectivity index (χ4n) is 3.98. The molecule has 1 saturated carbocycles. The topological polar surface area (TPSA) is 43.4 Å². The first-order valence-corrected chi connectivity index (χ1v) is 5.87. The number of esters is 2. The van der Waals surface area contributed by atoms with E-state index >= 15 is 0 Å². The summed E-state index contributed by atoms with van der Waals surface area (Å²) in [4.78, 5) is 23.6. The number of hydrogen-bond acceptors (Lipinski definition) is 3. The Morgan fingerprint density at radius 3 is 2.50 bits per heavy atom. The highest BCUT2D eigenvalue weighted by molar-refractivity contribution is 5.99. The molecule has 3 nitrogen and oxygen atoms in total. The highest BCUT2D eigenvalue weighted by atomic mass is 16.6. The number of cyclic esters (lactones) is 2. The maximum atomic E-state index is 11.8. The van der Waals surface area contributed by atoms with E-state index in [2.05, 4.69) is 32.9 Å². The van der Waals surface area contributed by atoms with Gasteiger partial charge in [-0.05, 0) is 12.3 Å². The van der Waals surface area contributed by atoms with Crippen LogP contribution in [0.3, 0.4) is 0 Å². The third-order valence-electron chi connectivity index (χ3n) is 4.87. The summed E-state index contributed by atoms with van der Waals surface area (Å²) in [6.07, 6.45) is 5.18. The van der Waals surface area contributed by atoms with Crippen LogP contribution in [0.1, 0.15) is 27.2 Å². The largest absolute Gasteiger partial charge is 0.393 e. The monoisotopic (exact) mass is 220 g/mol. The maximum Gasteiger partial charge on any atom is 0.318 e. The van der Waals surface area contributed by atoms with Crippen LogP contribution in [0.5, 0.6) is 0 Å². The summed E-state index contributed by atoms with van der Waals surface area (Å²) >= 11 is 0. The van der Waals surface area contributed by atoms with Gasteiger partial charge in [0.15, 0.2) is 0 Å². The lowest BCUT2D eigenvalue weighted by Gasteiger charge is -2.33. The van der Waals surface area contributed by atoms with E-state index in [0.29, 0.717) is 5.92 Å². The first kappa shape index (κ1) is 10.1. The number of ether oxygens (including phenoxy) is 1. The van der Waals surface area contributed by atoms with Crippen LogP contribution < -0.4 is 0 Å². The third-order valence-corrected chi connectivity index (χ3v) is 4.87. The van der Waals surface area contributed by atoms with Crippen molar-refractivity contribution >= 4 is 11.9 Å². The van der Waals surface area contributed by atoms with Crippen LogP contribution in [0, 0.1) is 28.6 Å². The minimum absolute atomic E-state index is 0.150. The number of fused-ring (bicyclic) bond motifs is 5. The van der Waals surface area contributed by atoms with Crippen molar-refractivity contribution in [1.82, 2.24) is 0 Å². The van der Waals surface area contributed by atoms with E-state index in [-0.39, 0.29) is 34.6 Å². The highest BCUT2D eigenvalue weighted by Crippen LogP contribution is 2.67. The molecule has 1 aliphatic heterocycles. The third kappa shape index (κ3) is 0.864. The van der Waals surface area contributed by atoms with Gasteiger partial charge in [0.25, 0.3) is 0 Å². The van der Waals surface area contributed by atoms with Gasteiger partial charge in [-0.3, -0.25) is 9.59 Å². The van der Waals surface area contributed by atoms with Crippen molar-refractivity contribution in [2.75, 3.05) is 0 Å². The molecule has 2 aliphatic carbocycles. The van der Waals surface area contributed by atoms with Crippen molar-refractivity contribution in [2.24, 2.45) is 28.6 Å². The van der Waals surface area contributed by atoms with Gasteiger partial charge in [-0.15, -0.1) is 0 Å². The van der Waals surface area contributed by atoms with Crippen molar-refractivity contribution in [1.29, 1.82) is 0 Å². The molecule has 0 aromatic heterocycles. The van der Waals surface area contributed by atoms with Crippen molar-refractivity contribution in [3.8, 4) is 0 Å². The zero-order valence-electron chi connectivity index (χ0n) is 9.82.